The average Bonchev–Trinajstić information content (AvgIpc) is 2.85. The third-order valence-electron chi connectivity index (χ3n) is 5.02. The van der Waals surface area contributed by atoms with Gasteiger partial charge in [-0.25, -0.2) is 4.79 Å². The maximum absolute atomic E-state index is 12.0. The molecule has 1 saturated heterocycles. The smallest absolute Gasteiger partial charge is 0.409 e. The Labute approximate surface area is 208 Å². The monoisotopic (exact) mass is 508 g/mol. The molecule has 0 bridgehead atoms. The van der Waals surface area contributed by atoms with Crippen molar-refractivity contribution < 1.29 is 38.0 Å². The van der Waals surface area contributed by atoms with Crippen molar-refractivity contribution in [2.75, 3.05) is 98.6 Å². The van der Waals surface area contributed by atoms with Crippen molar-refractivity contribution in [1.29, 1.82) is 0 Å². The Balaban J connectivity index is 1.73. The lowest BCUT2D eigenvalue weighted by atomic mass is 10.1. The number of piperidine rings is 1. The van der Waals surface area contributed by atoms with Gasteiger partial charge in [-0.2, -0.15) is 11.8 Å². The van der Waals surface area contributed by atoms with Gasteiger partial charge in [0.2, 0.25) is 5.91 Å². The van der Waals surface area contributed by atoms with Gasteiger partial charge in [-0.15, -0.1) is 0 Å². The van der Waals surface area contributed by atoms with Gasteiger partial charge in [-0.05, 0) is 25.5 Å². The van der Waals surface area contributed by atoms with E-state index in [1.165, 1.54) is 0 Å². The summed E-state index contributed by atoms with van der Waals surface area (Å²) in [6.45, 7) is 8.99. The van der Waals surface area contributed by atoms with Crippen LogP contribution in [0.1, 0.15) is 32.6 Å². The van der Waals surface area contributed by atoms with Gasteiger partial charge in [0.15, 0.2) is 0 Å². The number of thioether (sulfide) groups is 1. The van der Waals surface area contributed by atoms with Gasteiger partial charge in [0.1, 0.15) is 6.61 Å². The molecule has 34 heavy (non-hydrogen) atoms. The SMILES string of the molecule is CCCC(=O)NCCOCCOCCOCCOCCOCCOC(=O)N1CCC(SC)CC1. The molecule has 0 radical (unpaired) electrons. The van der Waals surface area contributed by atoms with Crippen LogP contribution in [0.4, 0.5) is 4.79 Å². The fraction of sp³-hybridized carbons (Fsp3) is 0.913. The summed E-state index contributed by atoms with van der Waals surface area (Å²) in [4.78, 5) is 25.0. The van der Waals surface area contributed by atoms with E-state index in [9.17, 15) is 9.59 Å². The van der Waals surface area contributed by atoms with E-state index in [0.717, 1.165) is 32.4 Å². The molecule has 0 aromatic rings. The number of ether oxygens (including phenoxy) is 6. The van der Waals surface area contributed by atoms with Crippen molar-refractivity contribution in [1.82, 2.24) is 10.2 Å². The molecular weight excluding hydrogens is 464 g/mol. The van der Waals surface area contributed by atoms with E-state index in [1.807, 2.05) is 18.7 Å². The summed E-state index contributed by atoms with van der Waals surface area (Å²) < 4.78 is 32.3. The van der Waals surface area contributed by atoms with Crippen molar-refractivity contribution in [3.05, 3.63) is 0 Å². The second-order valence-electron chi connectivity index (χ2n) is 7.70. The van der Waals surface area contributed by atoms with Crippen LogP contribution in [-0.4, -0.2) is 121 Å². The molecule has 1 heterocycles. The highest BCUT2D eigenvalue weighted by Crippen LogP contribution is 2.21. The summed E-state index contributed by atoms with van der Waals surface area (Å²) in [5.74, 6) is 0.0615. The molecule has 1 aliphatic rings. The van der Waals surface area contributed by atoms with E-state index in [1.54, 1.807) is 4.90 Å². The van der Waals surface area contributed by atoms with Crippen LogP contribution in [0.25, 0.3) is 0 Å². The Bertz CT molecular complexity index is 507. The Morgan fingerprint density at radius 1 is 0.794 bits per heavy atom. The molecule has 0 aromatic heterocycles. The number of hydrogen-bond donors (Lipinski definition) is 1. The molecule has 1 rings (SSSR count). The van der Waals surface area contributed by atoms with Crippen LogP contribution in [0.3, 0.4) is 0 Å². The number of carbonyl (C=O) groups is 2. The Kier molecular flexibility index (Phi) is 20.3. The highest BCUT2D eigenvalue weighted by molar-refractivity contribution is 7.99. The largest absolute Gasteiger partial charge is 0.447 e. The minimum atomic E-state index is -0.249. The molecule has 0 aliphatic carbocycles. The molecule has 0 saturated carbocycles. The van der Waals surface area contributed by atoms with Gasteiger partial charge >= 0.3 is 6.09 Å². The van der Waals surface area contributed by atoms with E-state index in [-0.39, 0.29) is 18.6 Å². The van der Waals surface area contributed by atoms with Gasteiger partial charge in [-0.3, -0.25) is 4.79 Å². The normalized spacial score (nSPS) is 14.4. The lowest BCUT2D eigenvalue weighted by molar-refractivity contribution is -0.121. The second kappa shape index (κ2) is 22.4. The zero-order valence-corrected chi connectivity index (χ0v) is 21.7. The molecule has 0 unspecified atom stereocenters. The molecule has 10 nitrogen and oxygen atoms in total. The van der Waals surface area contributed by atoms with Crippen molar-refractivity contribution in [2.45, 2.75) is 37.9 Å². The minimum absolute atomic E-state index is 0.0615. The lowest BCUT2D eigenvalue weighted by Crippen LogP contribution is -2.39. The first-order valence-electron chi connectivity index (χ1n) is 12.3. The Morgan fingerprint density at radius 3 is 1.74 bits per heavy atom. The predicted octanol–water partition coefficient (Wildman–Crippen LogP) is 1.95. The third-order valence-corrected chi connectivity index (χ3v) is 6.16. The summed E-state index contributed by atoms with van der Waals surface area (Å²) in [6.07, 6.45) is 5.32. The summed E-state index contributed by atoms with van der Waals surface area (Å²) in [6, 6.07) is 0. The van der Waals surface area contributed by atoms with Gasteiger partial charge in [0, 0.05) is 31.3 Å². The molecular formula is C23H44N2O8S. The van der Waals surface area contributed by atoms with Gasteiger partial charge in [0.25, 0.3) is 0 Å². The quantitative estimate of drug-likeness (QED) is 0.233. The van der Waals surface area contributed by atoms with Gasteiger partial charge < -0.3 is 38.6 Å². The first kappa shape index (κ1) is 30.9. The standard InChI is InChI=1S/C23H44N2O8S/c1-3-4-22(26)24-7-10-28-11-12-29-13-14-30-15-16-31-17-18-32-19-20-33-23(27)25-8-5-21(34-2)6-9-25/h21H,3-20H2,1-2H3,(H,24,26). The number of nitrogens with one attached hydrogen (secondary N) is 1. The van der Waals surface area contributed by atoms with Crippen molar-refractivity contribution in [3.8, 4) is 0 Å². The highest BCUT2D eigenvalue weighted by atomic mass is 32.2. The van der Waals surface area contributed by atoms with Crippen LogP contribution in [-0.2, 0) is 33.2 Å². The first-order chi connectivity index (χ1) is 16.7. The third kappa shape index (κ3) is 17.3. The average molecular weight is 509 g/mol. The van der Waals surface area contributed by atoms with Gasteiger partial charge in [0.05, 0.1) is 66.1 Å². The van der Waals surface area contributed by atoms with Crippen LogP contribution in [0.5, 0.6) is 0 Å². The Morgan fingerprint density at radius 2 is 1.26 bits per heavy atom. The molecule has 2 amide bonds. The van der Waals surface area contributed by atoms with Gasteiger partial charge in [-0.1, -0.05) is 6.92 Å². The van der Waals surface area contributed by atoms with Crippen molar-refractivity contribution in [3.63, 3.8) is 0 Å². The number of hydrogen-bond acceptors (Lipinski definition) is 9. The summed E-state index contributed by atoms with van der Waals surface area (Å²) in [5, 5.41) is 3.44. The van der Waals surface area contributed by atoms with Crippen LogP contribution >= 0.6 is 11.8 Å². The van der Waals surface area contributed by atoms with E-state index >= 15 is 0 Å². The molecule has 1 aliphatic heterocycles. The minimum Gasteiger partial charge on any atom is -0.447 e. The van der Waals surface area contributed by atoms with Crippen LogP contribution in [0.2, 0.25) is 0 Å². The molecule has 1 fully saturated rings. The Hall–Kier alpha value is -1.11. The fourth-order valence-corrected chi connectivity index (χ4v) is 3.80. The lowest BCUT2D eigenvalue weighted by Gasteiger charge is -2.30. The molecule has 0 aromatic carbocycles. The molecule has 0 atom stereocenters. The van der Waals surface area contributed by atoms with E-state index in [4.69, 9.17) is 28.4 Å². The maximum atomic E-state index is 12.0. The zero-order valence-electron chi connectivity index (χ0n) is 20.9. The highest BCUT2D eigenvalue weighted by Gasteiger charge is 2.22. The zero-order chi connectivity index (χ0) is 24.7. The number of nitrogens with zero attached hydrogens (tertiary/aromatic N) is 1. The molecule has 0 spiro atoms. The van der Waals surface area contributed by atoms with E-state index < -0.39 is 0 Å². The maximum Gasteiger partial charge on any atom is 0.409 e. The number of carbonyl (C=O) groups excluding carboxylic acids is 2. The van der Waals surface area contributed by atoms with Crippen LogP contribution in [0, 0.1) is 0 Å². The predicted molar refractivity (Wildman–Crippen MR) is 131 cm³/mol. The topological polar surface area (TPSA) is 105 Å². The molecule has 11 heteroatoms. The molecule has 200 valence electrons. The van der Waals surface area contributed by atoms with E-state index in [2.05, 4.69) is 11.6 Å². The summed E-state index contributed by atoms with van der Waals surface area (Å²) in [5.41, 5.74) is 0. The number of rotatable bonds is 21. The number of likely N-dealkylation sites (tertiary alicyclic amines) is 1. The van der Waals surface area contributed by atoms with Crippen molar-refractivity contribution >= 4 is 23.8 Å². The second-order valence-corrected chi connectivity index (χ2v) is 8.84. The van der Waals surface area contributed by atoms with Crippen molar-refractivity contribution in [2.24, 2.45) is 0 Å². The van der Waals surface area contributed by atoms with E-state index in [0.29, 0.717) is 84.3 Å². The summed E-state index contributed by atoms with van der Waals surface area (Å²) in [7, 11) is 0. The first-order valence-corrected chi connectivity index (χ1v) is 13.6. The number of amides is 2. The van der Waals surface area contributed by atoms with Crippen LogP contribution in [0.15, 0.2) is 0 Å². The van der Waals surface area contributed by atoms with Crippen LogP contribution < -0.4 is 5.32 Å². The molecule has 1 N–H and O–H groups in total. The summed E-state index contributed by atoms with van der Waals surface area (Å²) >= 11 is 1.87. The fourth-order valence-electron chi connectivity index (χ4n) is 3.11.